The number of nitrogens with zero attached hydrogens (tertiary/aromatic N) is 2. The molecule has 7 nitrogen and oxygen atoms in total. The molecular weight excluding hydrogens is 271 g/mol. The lowest BCUT2D eigenvalue weighted by Crippen LogP contribution is -2.30. The number of aliphatic hydroxyl groups is 2. The highest BCUT2D eigenvalue weighted by molar-refractivity contribution is 5.95. The quantitative estimate of drug-likeness (QED) is 0.597. The molecule has 0 aromatic heterocycles. The molecule has 1 amide bonds. The maximum atomic E-state index is 13.9. The lowest BCUT2D eigenvalue weighted by molar-refractivity contribution is -0.385. The van der Waals surface area contributed by atoms with Crippen LogP contribution in [0.5, 0.6) is 0 Å². The monoisotopic (exact) mass is 284 g/mol. The summed E-state index contributed by atoms with van der Waals surface area (Å²) in [4.78, 5) is 23.2. The van der Waals surface area contributed by atoms with E-state index in [4.69, 9.17) is 0 Å². The second-order valence-electron chi connectivity index (χ2n) is 4.73. The molecule has 8 heteroatoms. The molecular formula is C12H13FN2O5. The highest BCUT2D eigenvalue weighted by atomic mass is 19.1. The van der Waals surface area contributed by atoms with E-state index in [0.717, 1.165) is 17.0 Å². The summed E-state index contributed by atoms with van der Waals surface area (Å²) in [5, 5.41) is 29.5. The fourth-order valence-electron chi connectivity index (χ4n) is 2.12. The zero-order chi connectivity index (χ0) is 15.0. The van der Waals surface area contributed by atoms with Crippen LogP contribution >= 0.6 is 0 Å². The number of nitro benzene ring substituents is 1. The minimum Gasteiger partial charge on any atom is -0.388 e. The van der Waals surface area contributed by atoms with Gasteiger partial charge in [0, 0.05) is 25.2 Å². The number of amides is 1. The number of carbonyl (C=O) groups excluding carboxylic acids is 1. The van der Waals surface area contributed by atoms with Crippen LogP contribution < -0.4 is 0 Å². The molecule has 20 heavy (non-hydrogen) atoms. The lowest BCUT2D eigenvalue weighted by Gasteiger charge is -2.16. The summed E-state index contributed by atoms with van der Waals surface area (Å²) in [5.74, 6) is -1.62. The van der Waals surface area contributed by atoms with Gasteiger partial charge in [-0.25, -0.2) is 4.39 Å². The number of benzene rings is 1. The number of carbonyl (C=O) groups is 1. The Balaban J connectivity index is 2.37. The van der Waals surface area contributed by atoms with Crippen LogP contribution in [0.4, 0.5) is 10.1 Å². The maximum Gasteiger partial charge on any atom is 0.270 e. The lowest BCUT2D eigenvalue weighted by atomic mass is 10.1. The topological polar surface area (TPSA) is 104 Å². The smallest absolute Gasteiger partial charge is 0.270 e. The number of halogens is 1. The van der Waals surface area contributed by atoms with Gasteiger partial charge < -0.3 is 15.1 Å². The van der Waals surface area contributed by atoms with Gasteiger partial charge in [0.15, 0.2) is 0 Å². The van der Waals surface area contributed by atoms with Crippen LogP contribution in [-0.4, -0.2) is 51.2 Å². The van der Waals surface area contributed by atoms with Crippen LogP contribution in [-0.2, 0) is 0 Å². The number of likely N-dealkylation sites (tertiary alicyclic amines) is 1. The Kier molecular flexibility index (Phi) is 3.69. The molecule has 2 rings (SSSR count). The third kappa shape index (κ3) is 2.47. The fourth-order valence-corrected chi connectivity index (χ4v) is 2.12. The van der Waals surface area contributed by atoms with E-state index in [1.54, 1.807) is 0 Å². The molecule has 1 fully saturated rings. The minimum absolute atomic E-state index is 0.0113. The van der Waals surface area contributed by atoms with Gasteiger partial charge in [0.05, 0.1) is 22.7 Å². The SMILES string of the molecule is Cc1cc([N+](=O)[O-])cc(C(=O)N2C[C@@H](O)[C@@H](O)C2)c1F. The van der Waals surface area contributed by atoms with Crippen LogP contribution in [0.2, 0.25) is 0 Å². The summed E-state index contributed by atoms with van der Waals surface area (Å²) in [5.41, 5.74) is -0.826. The van der Waals surface area contributed by atoms with Crippen LogP contribution in [0, 0.1) is 22.9 Å². The van der Waals surface area contributed by atoms with Gasteiger partial charge >= 0.3 is 0 Å². The van der Waals surface area contributed by atoms with Gasteiger partial charge in [-0.3, -0.25) is 14.9 Å². The average Bonchev–Trinajstić information content (AvgIpc) is 2.71. The second-order valence-corrected chi connectivity index (χ2v) is 4.73. The standard InChI is InChI=1S/C12H13FN2O5/c1-6-2-7(15(19)20)3-8(11(6)13)12(18)14-4-9(16)10(17)5-14/h2-3,9-10,16-17H,4-5H2,1H3/t9-,10+. The molecule has 108 valence electrons. The van der Waals surface area contributed by atoms with Crippen molar-refractivity contribution in [3.63, 3.8) is 0 Å². The Morgan fingerprint density at radius 1 is 1.40 bits per heavy atom. The highest BCUT2D eigenvalue weighted by Gasteiger charge is 2.34. The molecule has 0 unspecified atom stereocenters. The Morgan fingerprint density at radius 2 is 1.95 bits per heavy atom. The summed E-state index contributed by atoms with van der Waals surface area (Å²) >= 11 is 0. The van der Waals surface area contributed by atoms with Crippen molar-refractivity contribution < 1.29 is 24.3 Å². The van der Waals surface area contributed by atoms with Crippen molar-refractivity contribution in [2.45, 2.75) is 19.1 Å². The third-order valence-corrected chi connectivity index (χ3v) is 3.23. The molecule has 1 aromatic carbocycles. The molecule has 0 saturated carbocycles. The van der Waals surface area contributed by atoms with Crippen LogP contribution in [0.15, 0.2) is 12.1 Å². The zero-order valence-electron chi connectivity index (χ0n) is 10.6. The highest BCUT2D eigenvalue weighted by Crippen LogP contribution is 2.23. The van der Waals surface area contributed by atoms with Crippen molar-refractivity contribution in [1.29, 1.82) is 0 Å². The predicted octanol–water partition coefficient (Wildman–Crippen LogP) is 0.220. The number of hydrogen-bond donors (Lipinski definition) is 2. The van der Waals surface area contributed by atoms with E-state index in [9.17, 15) is 29.5 Å². The number of non-ortho nitro benzene ring substituents is 1. The molecule has 0 bridgehead atoms. The van der Waals surface area contributed by atoms with Crippen molar-refractivity contribution in [2.24, 2.45) is 0 Å². The van der Waals surface area contributed by atoms with Crippen LogP contribution in [0.1, 0.15) is 15.9 Å². The van der Waals surface area contributed by atoms with E-state index in [1.165, 1.54) is 6.92 Å². The van der Waals surface area contributed by atoms with E-state index in [1.807, 2.05) is 0 Å². The largest absolute Gasteiger partial charge is 0.388 e. The molecule has 1 saturated heterocycles. The number of aliphatic hydroxyl groups excluding tert-OH is 2. The molecule has 0 radical (unpaired) electrons. The van der Waals surface area contributed by atoms with E-state index in [2.05, 4.69) is 0 Å². The van der Waals surface area contributed by atoms with Crippen molar-refractivity contribution in [1.82, 2.24) is 4.90 Å². The zero-order valence-corrected chi connectivity index (χ0v) is 10.6. The second kappa shape index (κ2) is 5.14. The Morgan fingerprint density at radius 3 is 2.45 bits per heavy atom. The summed E-state index contributed by atoms with van der Waals surface area (Å²) in [6, 6.07) is 1.90. The molecule has 1 aliphatic rings. The number of β-amino-alcohol motifs (C(OH)–C–C–N with tert-alkyl or cyclic N) is 2. The first-order valence-corrected chi connectivity index (χ1v) is 5.91. The van der Waals surface area contributed by atoms with Crippen molar-refractivity contribution in [3.8, 4) is 0 Å². The molecule has 0 aliphatic carbocycles. The number of hydrogen-bond acceptors (Lipinski definition) is 5. The number of rotatable bonds is 2. The normalized spacial score (nSPS) is 22.1. The first-order chi connectivity index (χ1) is 9.31. The molecule has 2 N–H and O–H groups in total. The van der Waals surface area contributed by atoms with E-state index in [0.29, 0.717) is 0 Å². The van der Waals surface area contributed by atoms with E-state index < -0.39 is 34.4 Å². The first kappa shape index (κ1) is 14.4. The fraction of sp³-hybridized carbons (Fsp3) is 0.417. The van der Waals surface area contributed by atoms with Gasteiger partial charge in [-0.2, -0.15) is 0 Å². The van der Waals surface area contributed by atoms with Crippen molar-refractivity contribution >= 4 is 11.6 Å². The van der Waals surface area contributed by atoms with Gasteiger partial charge in [-0.05, 0) is 12.5 Å². The predicted molar refractivity (Wildman–Crippen MR) is 65.7 cm³/mol. The third-order valence-electron chi connectivity index (χ3n) is 3.23. The van der Waals surface area contributed by atoms with E-state index >= 15 is 0 Å². The maximum absolute atomic E-state index is 13.9. The molecule has 2 atom stereocenters. The molecule has 1 heterocycles. The summed E-state index contributed by atoms with van der Waals surface area (Å²) < 4.78 is 13.9. The summed E-state index contributed by atoms with van der Waals surface area (Å²) in [7, 11) is 0. The number of aryl methyl sites for hydroxylation is 1. The Hall–Kier alpha value is -2.06. The van der Waals surface area contributed by atoms with Gasteiger partial charge in [-0.15, -0.1) is 0 Å². The van der Waals surface area contributed by atoms with Crippen LogP contribution in [0.3, 0.4) is 0 Å². The first-order valence-electron chi connectivity index (χ1n) is 5.91. The van der Waals surface area contributed by atoms with E-state index in [-0.39, 0.29) is 24.3 Å². The summed E-state index contributed by atoms with van der Waals surface area (Å²) in [6.45, 7) is 1.05. The van der Waals surface area contributed by atoms with Gasteiger partial charge in [0.25, 0.3) is 11.6 Å². The Bertz CT molecular complexity index is 567. The van der Waals surface area contributed by atoms with Gasteiger partial charge in [0.2, 0.25) is 0 Å². The Labute approximate surface area is 113 Å². The molecule has 0 spiro atoms. The molecule has 1 aromatic rings. The minimum atomic E-state index is -1.10. The molecule has 1 aliphatic heterocycles. The van der Waals surface area contributed by atoms with Crippen LogP contribution in [0.25, 0.3) is 0 Å². The summed E-state index contributed by atoms with van der Waals surface area (Å²) in [6.07, 6.45) is -2.19. The van der Waals surface area contributed by atoms with Gasteiger partial charge in [0.1, 0.15) is 5.82 Å². The average molecular weight is 284 g/mol. The number of nitro groups is 1. The van der Waals surface area contributed by atoms with Crippen molar-refractivity contribution in [3.05, 3.63) is 39.2 Å². The van der Waals surface area contributed by atoms with Crippen molar-refractivity contribution in [2.75, 3.05) is 13.1 Å². The van der Waals surface area contributed by atoms with Gasteiger partial charge in [-0.1, -0.05) is 0 Å².